The number of carbonyl (C=O) groups is 1. The molecule has 4 rings (SSSR count). The summed E-state index contributed by atoms with van der Waals surface area (Å²) in [6.45, 7) is 4.65. The molecule has 0 spiro atoms. The van der Waals surface area contributed by atoms with Crippen LogP contribution in [0.25, 0.3) is 0 Å². The molecule has 28 heavy (non-hydrogen) atoms. The Hall–Kier alpha value is -1.85. The highest BCUT2D eigenvalue weighted by atomic mass is 35.5. The minimum Gasteiger partial charge on any atom is -0.343 e. The zero-order valence-corrected chi connectivity index (χ0v) is 17.4. The van der Waals surface area contributed by atoms with Gasteiger partial charge in [0.1, 0.15) is 0 Å². The second-order valence-corrected chi connectivity index (χ2v) is 8.46. The van der Waals surface area contributed by atoms with E-state index >= 15 is 0 Å². The Kier molecular flexibility index (Phi) is 6.02. The Morgan fingerprint density at radius 1 is 1.18 bits per heavy atom. The highest BCUT2D eigenvalue weighted by Crippen LogP contribution is 2.25. The van der Waals surface area contributed by atoms with Gasteiger partial charge in [-0.2, -0.15) is 5.10 Å². The van der Waals surface area contributed by atoms with E-state index in [2.05, 4.69) is 11.0 Å². The van der Waals surface area contributed by atoms with Crippen molar-refractivity contribution in [2.24, 2.45) is 7.05 Å². The lowest BCUT2D eigenvalue weighted by atomic mass is 10.0. The zero-order chi connectivity index (χ0) is 19.5. The fraction of sp³-hybridized carbons (Fsp3) is 0.545. The van der Waals surface area contributed by atoms with Crippen LogP contribution in [0.1, 0.15) is 48.2 Å². The van der Waals surface area contributed by atoms with Crippen molar-refractivity contribution in [3.05, 3.63) is 51.8 Å². The number of amides is 1. The summed E-state index contributed by atoms with van der Waals surface area (Å²) in [7, 11) is 2.03. The molecule has 2 aromatic rings. The molecule has 3 heterocycles. The van der Waals surface area contributed by atoms with E-state index in [1.54, 1.807) is 0 Å². The van der Waals surface area contributed by atoms with Crippen molar-refractivity contribution in [1.82, 2.24) is 19.6 Å². The lowest BCUT2D eigenvalue weighted by Crippen LogP contribution is -2.35. The number of piperidine rings is 1. The number of carbonyl (C=O) groups excluding carboxylic acids is 1. The first kappa shape index (κ1) is 19.5. The monoisotopic (exact) mass is 400 g/mol. The van der Waals surface area contributed by atoms with Gasteiger partial charge in [-0.1, -0.05) is 23.7 Å². The van der Waals surface area contributed by atoms with Crippen LogP contribution in [0.15, 0.2) is 24.3 Å². The number of halogens is 1. The Labute approximate surface area is 172 Å². The Morgan fingerprint density at radius 2 is 2.00 bits per heavy atom. The molecule has 1 amide bonds. The van der Waals surface area contributed by atoms with Crippen molar-refractivity contribution < 1.29 is 4.79 Å². The van der Waals surface area contributed by atoms with Crippen molar-refractivity contribution in [1.29, 1.82) is 0 Å². The molecule has 0 saturated carbocycles. The molecule has 1 aromatic heterocycles. The van der Waals surface area contributed by atoms with Crippen molar-refractivity contribution >= 4 is 17.5 Å². The van der Waals surface area contributed by atoms with Crippen molar-refractivity contribution in [3.8, 4) is 0 Å². The van der Waals surface area contributed by atoms with Crippen molar-refractivity contribution in [3.63, 3.8) is 0 Å². The summed E-state index contributed by atoms with van der Waals surface area (Å²) >= 11 is 6.14. The van der Waals surface area contributed by atoms with Gasteiger partial charge in [-0.3, -0.25) is 14.4 Å². The highest BCUT2D eigenvalue weighted by molar-refractivity contribution is 6.30. The predicted octanol–water partition coefficient (Wildman–Crippen LogP) is 3.58. The van der Waals surface area contributed by atoms with Gasteiger partial charge in [0.15, 0.2) is 0 Å². The maximum atomic E-state index is 12.6. The zero-order valence-electron chi connectivity index (χ0n) is 16.7. The van der Waals surface area contributed by atoms with Crippen LogP contribution in [-0.2, 0) is 37.8 Å². The molecule has 0 unspecified atom stereocenters. The molecule has 2 aliphatic heterocycles. The Balaban J connectivity index is 1.41. The van der Waals surface area contributed by atoms with E-state index in [0.29, 0.717) is 6.42 Å². The average molecular weight is 401 g/mol. The fourth-order valence-corrected chi connectivity index (χ4v) is 4.69. The molecule has 1 fully saturated rings. The summed E-state index contributed by atoms with van der Waals surface area (Å²) < 4.78 is 2.02. The number of aryl methyl sites for hydroxylation is 2. The molecule has 150 valence electrons. The second-order valence-electron chi connectivity index (χ2n) is 8.03. The SMILES string of the molecule is Cn1nc(CCC(=O)N2CCCCC2)c2c1CCN(Cc1cccc(Cl)c1)C2. The minimum atomic E-state index is 0.283. The third kappa shape index (κ3) is 4.41. The molecular formula is C22H29ClN4O. The molecule has 6 heteroatoms. The van der Waals surface area contributed by atoms with E-state index in [1.807, 2.05) is 34.8 Å². The standard InChI is InChI=1S/C22H29ClN4O/c1-25-21-10-13-26(15-17-6-5-7-18(23)14-17)16-19(21)20(24-25)8-9-22(28)27-11-3-2-4-12-27/h5-7,14H,2-4,8-13,15-16H2,1H3. The molecule has 2 aliphatic rings. The first-order chi connectivity index (χ1) is 13.6. The first-order valence-corrected chi connectivity index (χ1v) is 10.8. The van der Waals surface area contributed by atoms with Gasteiger partial charge in [0, 0.05) is 75.3 Å². The maximum absolute atomic E-state index is 12.6. The van der Waals surface area contributed by atoms with Crippen LogP contribution in [-0.4, -0.2) is 45.1 Å². The molecule has 0 N–H and O–H groups in total. The quantitative estimate of drug-likeness (QED) is 0.770. The van der Waals surface area contributed by atoms with E-state index in [9.17, 15) is 4.79 Å². The van der Waals surface area contributed by atoms with Gasteiger partial charge >= 0.3 is 0 Å². The molecule has 0 bridgehead atoms. The molecule has 0 atom stereocenters. The lowest BCUT2D eigenvalue weighted by molar-refractivity contribution is -0.132. The summed E-state index contributed by atoms with van der Waals surface area (Å²) in [6, 6.07) is 8.09. The van der Waals surface area contributed by atoms with Gasteiger partial charge < -0.3 is 4.90 Å². The summed E-state index contributed by atoms with van der Waals surface area (Å²) in [4.78, 5) is 17.0. The number of fused-ring (bicyclic) bond motifs is 1. The van der Waals surface area contributed by atoms with Gasteiger partial charge in [-0.05, 0) is 37.0 Å². The third-order valence-corrected chi connectivity index (χ3v) is 6.22. The largest absolute Gasteiger partial charge is 0.343 e. The Morgan fingerprint density at radius 3 is 2.79 bits per heavy atom. The Bertz CT molecular complexity index is 841. The smallest absolute Gasteiger partial charge is 0.222 e. The molecular weight excluding hydrogens is 372 g/mol. The number of benzene rings is 1. The maximum Gasteiger partial charge on any atom is 0.222 e. The van der Waals surface area contributed by atoms with Crippen LogP contribution >= 0.6 is 11.6 Å². The fourth-order valence-electron chi connectivity index (χ4n) is 4.48. The normalized spacial score (nSPS) is 17.6. The van der Waals surface area contributed by atoms with E-state index in [1.165, 1.54) is 23.2 Å². The minimum absolute atomic E-state index is 0.283. The average Bonchev–Trinajstić information content (AvgIpc) is 3.02. The first-order valence-electron chi connectivity index (χ1n) is 10.4. The number of likely N-dealkylation sites (tertiary alicyclic amines) is 1. The second kappa shape index (κ2) is 8.66. The highest BCUT2D eigenvalue weighted by Gasteiger charge is 2.25. The van der Waals surface area contributed by atoms with Gasteiger partial charge in [-0.25, -0.2) is 0 Å². The van der Waals surface area contributed by atoms with Gasteiger partial charge in [-0.15, -0.1) is 0 Å². The molecule has 5 nitrogen and oxygen atoms in total. The predicted molar refractivity (Wildman–Crippen MR) is 111 cm³/mol. The van der Waals surface area contributed by atoms with Gasteiger partial charge in [0.05, 0.1) is 5.69 Å². The summed E-state index contributed by atoms with van der Waals surface area (Å²) in [5.41, 5.74) is 4.98. The summed E-state index contributed by atoms with van der Waals surface area (Å²) in [5, 5.41) is 5.55. The van der Waals surface area contributed by atoms with E-state index < -0.39 is 0 Å². The number of nitrogens with zero attached hydrogens (tertiary/aromatic N) is 4. The van der Waals surface area contributed by atoms with E-state index in [4.69, 9.17) is 16.7 Å². The number of hydrogen-bond acceptors (Lipinski definition) is 3. The van der Waals surface area contributed by atoms with Crippen LogP contribution in [0.5, 0.6) is 0 Å². The number of rotatable bonds is 5. The van der Waals surface area contributed by atoms with Crippen LogP contribution < -0.4 is 0 Å². The summed E-state index contributed by atoms with van der Waals surface area (Å²) in [5.74, 6) is 0.283. The molecule has 1 aromatic carbocycles. The van der Waals surface area contributed by atoms with E-state index in [-0.39, 0.29) is 5.91 Å². The van der Waals surface area contributed by atoms with Crippen LogP contribution in [0.2, 0.25) is 5.02 Å². The third-order valence-electron chi connectivity index (χ3n) is 5.98. The number of hydrogen-bond donors (Lipinski definition) is 0. The van der Waals surface area contributed by atoms with Crippen molar-refractivity contribution in [2.75, 3.05) is 19.6 Å². The van der Waals surface area contributed by atoms with Gasteiger partial charge in [0.25, 0.3) is 0 Å². The summed E-state index contributed by atoms with van der Waals surface area (Å²) in [6.07, 6.45) is 5.84. The van der Waals surface area contributed by atoms with E-state index in [0.717, 1.165) is 69.1 Å². The van der Waals surface area contributed by atoms with Gasteiger partial charge in [0.2, 0.25) is 5.91 Å². The topological polar surface area (TPSA) is 41.4 Å². The van der Waals surface area contributed by atoms with Crippen LogP contribution in [0.4, 0.5) is 0 Å². The van der Waals surface area contributed by atoms with Crippen LogP contribution in [0.3, 0.4) is 0 Å². The molecule has 0 aliphatic carbocycles. The van der Waals surface area contributed by atoms with Crippen LogP contribution in [0, 0.1) is 0 Å². The van der Waals surface area contributed by atoms with Crippen molar-refractivity contribution in [2.45, 2.75) is 51.6 Å². The molecule has 1 saturated heterocycles. The lowest BCUT2D eigenvalue weighted by Gasteiger charge is -2.28. The molecule has 0 radical (unpaired) electrons. The number of aromatic nitrogens is 2.